The van der Waals surface area contributed by atoms with E-state index in [1.165, 1.54) is 19.2 Å². The smallest absolute Gasteiger partial charge is 0.416 e. The molecule has 0 atom stereocenters. The maximum absolute atomic E-state index is 12.8. The molecule has 6 nitrogen and oxygen atoms in total. The molecule has 11 heteroatoms. The van der Waals surface area contributed by atoms with Crippen LogP contribution in [-0.2, 0) is 6.18 Å². The summed E-state index contributed by atoms with van der Waals surface area (Å²) in [5.74, 6) is -0.450. The fourth-order valence-corrected chi connectivity index (χ4v) is 3.97. The number of nitrogens with zero attached hydrogens (tertiary/aromatic N) is 2. The molecule has 0 saturated heterocycles. The number of ether oxygens (including phenoxy) is 1. The van der Waals surface area contributed by atoms with E-state index >= 15 is 0 Å². The van der Waals surface area contributed by atoms with E-state index in [1.54, 1.807) is 24.3 Å². The van der Waals surface area contributed by atoms with Crippen molar-refractivity contribution in [2.45, 2.75) is 10.5 Å². The van der Waals surface area contributed by atoms with Crippen LogP contribution < -0.4 is 10.1 Å². The molecule has 1 heterocycles. The van der Waals surface area contributed by atoms with Crippen LogP contribution >= 0.6 is 23.1 Å². The van der Waals surface area contributed by atoms with E-state index in [0.29, 0.717) is 15.7 Å². The van der Waals surface area contributed by atoms with Crippen molar-refractivity contribution in [3.05, 3.63) is 65.2 Å². The Morgan fingerprint density at radius 1 is 1.10 bits per heavy atom. The summed E-state index contributed by atoms with van der Waals surface area (Å²) in [6, 6.07) is 10.8. The van der Waals surface area contributed by atoms with Gasteiger partial charge >= 0.3 is 6.18 Å². The zero-order chi connectivity index (χ0) is 21.7. The first-order chi connectivity index (χ1) is 14.3. The summed E-state index contributed by atoms with van der Waals surface area (Å²) in [6.45, 7) is 0. The molecule has 0 aliphatic carbocycles. The highest BCUT2D eigenvalue weighted by Gasteiger charge is 2.30. The first kappa shape index (κ1) is 21.8. The van der Waals surface area contributed by atoms with Crippen LogP contribution in [0.5, 0.6) is 5.75 Å². The summed E-state index contributed by atoms with van der Waals surface area (Å²) >= 11 is 2.09. The van der Waals surface area contributed by atoms with Crippen molar-refractivity contribution in [1.82, 2.24) is 10.2 Å². The van der Waals surface area contributed by atoms with Gasteiger partial charge < -0.3 is 4.74 Å². The number of benzene rings is 2. The quantitative estimate of drug-likeness (QED) is 0.315. The van der Waals surface area contributed by atoms with E-state index < -0.39 is 23.4 Å². The van der Waals surface area contributed by atoms with Crippen LogP contribution in [0.1, 0.15) is 26.3 Å². The maximum Gasteiger partial charge on any atom is 0.416 e. The van der Waals surface area contributed by atoms with Crippen molar-refractivity contribution >= 4 is 39.9 Å². The van der Waals surface area contributed by atoms with Gasteiger partial charge in [0.1, 0.15) is 5.75 Å². The second-order valence-electron chi connectivity index (χ2n) is 5.85. The second kappa shape index (κ2) is 9.26. The topological polar surface area (TPSA) is 81.2 Å². The minimum atomic E-state index is -4.52. The van der Waals surface area contributed by atoms with Gasteiger partial charge in [-0.15, -0.1) is 10.2 Å². The van der Waals surface area contributed by atoms with Crippen LogP contribution in [0, 0.1) is 0 Å². The van der Waals surface area contributed by atoms with Crippen LogP contribution in [0.4, 0.5) is 18.3 Å². The van der Waals surface area contributed by atoms with Crippen molar-refractivity contribution in [2.75, 3.05) is 18.2 Å². The minimum Gasteiger partial charge on any atom is -0.497 e. The van der Waals surface area contributed by atoms with Crippen molar-refractivity contribution in [3.8, 4) is 5.75 Å². The predicted molar refractivity (Wildman–Crippen MR) is 107 cm³/mol. The molecular formula is C19H14F3N3O3S2. The Morgan fingerprint density at radius 3 is 2.57 bits per heavy atom. The van der Waals surface area contributed by atoms with Gasteiger partial charge in [-0.05, 0) is 30.3 Å². The number of rotatable bonds is 7. The van der Waals surface area contributed by atoms with Gasteiger partial charge in [0.05, 0.1) is 18.4 Å². The normalized spacial score (nSPS) is 11.2. The zero-order valence-corrected chi connectivity index (χ0v) is 17.0. The van der Waals surface area contributed by atoms with Gasteiger partial charge in [0, 0.05) is 11.1 Å². The average molecular weight is 453 g/mol. The lowest BCUT2D eigenvalue weighted by Gasteiger charge is -2.07. The molecule has 0 radical (unpaired) electrons. The molecule has 0 saturated carbocycles. The van der Waals surface area contributed by atoms with E-state index in [4.69, 9.17) is 4.74 Å². The van der Waals surface area contributed by atoms with Crippen molar-refractivity contribution in [3.63, 3.8) is 0 Å². The van der Waals surface area contributed by atoms with Gasteiger partial charge in [-0.2, -0.15) is 13.2 Å². The van der Waals surface area contributed by atoms with E-state index in [0.717, 1.165) is 35.2 Å². The number of hydrogen-bond acceptors (Lipinski definition) is 7. The van der Waals surface area contributed by atoms with Gasteiger partial charge in [0.2, 0.25) is 5.13 Å². The number of Topliss-reactive ketones (excluding diaryl/α,β-unsaturated/α-hetero) is 1. The zero-order valence-electron chi connectivity index (χ0n) is 15.4. The fourth-order valence-electron chi connectivity index (χ4n) is 2.33. The summed E-state index contributed by atoms with van der Waals surface area (Å²) in [6.07, 6.45) is -4.52. The molecular weight excluding hydrogens is 439 g/mol. The Morgan fingerprint density at radius 2 is 1.83 bits per heavy atom. The van der Waals surface area contributed by atoms with Gasteiger partial charge in [0.15, 0.2) is 10.1 Å². The summed E-state index contributed by atoms with van der Waals surface area (Å²) in [7, 11) is 1.49. The monoisotopic (exact) mass is 453 g/mol. The number of methoxy groups -OCH3 is 1. The standard InChI is InChI=1S/C19H14F3N3O3S2/c1-28-14-7-3-5-12(9-14)16(27)23-17-24-25-18(30-17)29-10-15(26)11-4-2-6-13(8-11)19(20,21)22/h2-9H,10H2,1H3,(H,23,24,27). The second-order valence-corrected chi connectivity index (χ2v) is 8.05. The Balaban J connectivity index is 1.59. The summed E-state index contributed by atoms with van der Waals surface area (Å²) < 4.78 is 43.8. The van der Waals surface area contributed by atoms with E-state index in [9.17, 15) is 22.8 Å². The van der Waals surface area contributed by atoms with E-state index in [1.807, 2.05) is 0 Å². The number of amides is 1. The van der Waals surface area contributed by atoms with Gasteiger partial charge in [-0.25, -0.2) is 0 Å². The lowest BCUT2D eigenvalue weighted by atomic mass is 10.1. The summed E-state index contributed by atoms with van der Waals surface area (Å²) in [5, 5.41) is 10.6. The molecule has 0 spiro atoms. The first-order valence-electron chi connectivity index (χ1n) is 8.38. The molecule has 1 aromatic heterocycles. The van der Waals surface area contributed by atoms with Crippen LogP contribution in [0.15, 0.2) is 52.9 Å². The molecule has 3 rings (SSSR count). The van der Waals surface area contributed by atoms with Crippen LogP contribution in [0.2, 0.25) is 0 Å². The molecule has 30 heavy (non-hydrogen) atoms. The number of carbonyl (C=O) groups excluding carboxylic acids is 2. The van der Waals surface area contributed by atoms with E-state index in [-0.39, 0.29) is 16.4 Å². The highest BCUT2D eigenvalue weighted by atomic mass is 32.2. The maximum atomic E-state index is 12.8. The third kappa shape index (κ3) is 5.57. The molecule has 0 aliphatic rings. The Bertz CT molecular complexity index is 1070. The molecule has 0 aliphatic heterocycles. The van der Waals surface area contributed by atoms with Crippen LogP contribution in [-0.4, -0.2) is 34.8 Å². The Labute approximate surface area is 177 Å². The lowest BCUT2D eigenvalue weighted by molar-refractivity contribution is -0.137. The van der Waals surface area contributed by atoms with Gasteiger partial charge in [0.25, 0.3) is 5.91 Å². The highest BCUT2D eigenvalue weighted by molar-refractivity contribution is 8.01. The summed E-state index contributed by atoms with van der Waals surface area (Å²) in [5.41, 5.74) is -0.538. The average Bonchev–Trinajstić information content (AvgIpc) is 3.18. The molecule has 1 N–H and O–H groups in total. The molecule has 0 bridgehead atoms. The number of hydrogen-bond donors (Lipinski definition) is 1. The molecule has 1 amide bonds. The number of thioether (sulfide) groups is 1. The molecule has 2 aromatic carbocycles. The van der Waals surface area contributed by atoms with E-state index in [2.05, 4.69) is 15.5 Å². The van der Waals surface area contributed by atoms with Gasteiger partial charge in [-0.3, -0.25) is 14.9 Å². The molecule has 156 valence electrons. The van der Waals surface area contributed by atoms with Crippen LogP contribution in [0.25, 0.3) is 0 Å². The third-order valence-electron chi connectivity index (χ3n) is 3.80. The van der Waals surface area contributed by atoms with Crippen LogP contribution in [0.3, 0.4) is 0 Å². The largest absolute Gasteiger partial charge is 0.497 e. The Hall–Kier alpha value is -2.92. The number of alkyl halides is 3. The molecule has 0 fully saturated rings. The number of aromatic nitrogens is 2. The number of halogens is 3. The molecule has 0 unspecified atom stereocenters. The first-order valence-corrected chi connectivity index (χ1v) is 10.2. The van der Waals surface area contributed by atoms with Gasteiger partial charge in [-0.1, -0.05) is 41.3 Å². The number of nitrogens with one attached hydrogen (secondary N) is 1. The number of ketones is 1. The SMILES string of the molecule is COc1cccc(C(=O)Nc2nnc(SCC(=O)c3cccc(C(F)(F)F)c3)s2)c1. The fraction of sp³-hybridized carbons (Fsp3) is 0.158. The van der Waals surface area contributed by atoms with Crippen molar-refractivity contribution in [2.24, 2.45) is 0 Å². The highest BCUT2D eigenvalue weighted by Crippen LogP contribution is 2.30. The predicted octanol–water partition coefficient (Wildman–Crippen LogP) is 4.79. The van der Waals surface area contributed by atoms with Crippen molar-refractivity contribution in [1.29, 1.82) is 0 Å². The lowest BCUT2D eigenvalue weighted by Crippen LogP contribution is -2.11. The third-order valence-corrected chi connectivity index (χ3v) is 5.77. The molecule has 3 aromatic rings. The number of anilines is 1. The number of carbonyl (C=O) groups is 2. The minimum absolute atomic E-state index is 0.0339. The summed E-state index contributed by atoms with van der Waals surface area (Å²) in [4.78, 5) is 24.5. The van der Waals surface area contributed by atoms with Crippen molar-refractivity contribution < 1.29 is 27.5 Å². The Kier molecular flexibility index (Phi) is 6.73.